The van der Waals surface area contributed by atoms with Crippen molar-refractivity contribution in [1.82, 2.24) is 0 Å². The highest BCUT2D eigenvalue weighted by Gasteiger charge is 2.66. The molecule has 0 amide bonds. The molecule has 0 radical (unpaired) electrons. The third kappa shape index (κ3) is 2.05. The van der Waals surface area contributed by atoms with Crippen molar-refractivity contribution < 1.29 is 15.3 Å². The zero-order valence-corrected chi connectivity index (χ0v) is 15.5. The van der Waals surface area contributed by atoms with Gasteiger partial charge in [0.05, 0.1) is 12.7 Å². The summed E-state index contributed by atoms with van der Waals surface area (Å²) in [5.41, 5.74) is -0.0963. The second-order valence-corrected chi connectivity index (χ2v) is 9.56. The molecule has 25 heavy (non-hydrogen) atoms. The number of terminal acetylenes is 1. The van der Waals surface area contributed by atoms with Crippen molar-refractivity contribution >= 4 is 0 Å². The number of fused-ring (bicyclic) bond motifs is 5. The summed E-state index contributed by atoms with van der Waals surface area (Å²) in [6, 6.07) is 0. The number of hydrogen-bond acceptors (Lipinski definition) is 3. The molecule has 0 aromatic carbocycles. The van der Waals surface area contributed by atoms with E-state index in [4.69, 9.17) is 6.42 Å². The van der Waals surface area contributed by atoms with Crippen molar-refractivity contribution in [2.75, 3.05) is 6.61 Å². The average molecular weight is 344 g/mol. The molecule has 3 heteroatoms. The molecule has 0 aromatic heterocycles. The van der Waals surface area contributed by atoms with Crippen LogP contribution in [0.4, 0.5) is 0 Å². The van der Waals surface area contributed by atoms with Gasteiger partial charge in [-0.2, -0.15) is 0 Å². The van der Waals surface area contributed by atoms with Gasteiger partial charge in [0.25, 0.3) is 0 Å². The molecule has 0 bridgehead atoms. The van der Waals surface area contributed by atoms with Crippen molar-refractivity contribution in [1.29, 1.82) is 0 Å². The van der Waals surface area contributed by atoms with Gasteiger partial charge in [0.15, 0.2) is 0 Å². The van der Waals surface area contributed by atoms with Gasteiger partial charge in [0, 0.05) is 10.8 Å². The average Bonchev–Trinajstić information content (AvgIpc) is 2.82. The van der Waals surface area contributed by atoms with Gasteiger partial charge in [-0.15, -0.1) is 6.42 Å². The molecule has 0 aliphatic heterocycles. The third-order valence-electron chi connectivity index (χ3n) is 8.89. The first-order valence-electron chi connectivity index (χ1n) is 10.0. The van der Waals surface area contributed by atoms with Gasteiger partial charge in [-0.1, -0.05) is 31.4 Å². The summed E-state index contributed by atoms with van der Waals surface area (Å²) in [5.74, 6) is 4.24. The highest BCUT2D eigenvalue weighted by atomic mass is 16.3. The Balaban J connectivity index is 1.74. The number of rotatable bonds is 1. The standard InChI is InChI=1S/C22H32O3/c1-4-22(25)14(2)11-19-17-6-5-15-12-16(24)7-10-21(15,13-23)18(17)8-9-20(19,22)3/h1,5,14,16-19,23-25H,6-13H2,2-3H3/t14-,16-,17?,18?,19?,20+,21-,22+/m1/s1. The van der Waals surface area contributed by atoms with E-state index in [1.165, 1.54) is 5.57 Å². The van der Waals surface area contributed by atoms with Crippen molar-refractivity contribution in [2.45, 2.75) is 70.5 Å². The fraction of sp³-hybridized carbons (Fsp3) is 0.818. The first-order chi connectivity index (χ1) is 11.8. The maximum absolute atomic E-state index is 11.3. The van der Waals surface area contributed by atoms with Gasteiger partial charge in [-0.3, -0.25) is 0 Å². The lowest BCUT2D eigenvalue weighted by Crippen LogP contribution is -2.56. The molecule has 4 aliphatic rings. The first kappa shape index (κ1) is 17.6. The minimum Gasteiger partial charge on any atom is -0.395 e. The molecular weight excluding hydrogens is 312 g/mol. The lowest BCUT2D eigenvalue weighted by molar-refractivity contribution is -0.114. The predicted molar refractivity (Wildman–Crippen MR) is 97.5 cm³/mol. The van der Waals surface area contributed by atoms with E-state index >= 15 is 0 Å². The van der Waals surface area contributed by atoms with Crippen LogP contribution in [0.1, 0.15) is 58.8 Å². The topological polar surface area (TPSA) is 60.7 Å². The van der Waals surface area contributed by atoms with E-state index in [1.807, 2.05) is 0 Å². The Morgan fingerprint density at radius 1 is 1.28 bits per heavy atom. The minimum atomic E-state index is -1.01. The Morgan fingerprint density at radius 3 is 2.72 bits per heavy atom. The summed E-state index contributed by atoms with van der Waals surface area (Å²) in [4.78, 5) is 0. The van der Waals surface area contributed by atoms with Gasteiger partial charge in [0.1, 0.15) is 5.60 Å². The number of aliphatic hydroxyl groups excluding tert-OH is 2. The van der Waals surface area contributed by atoms with Crippen molar-refractivity contribution in [2.24, 2.45) is 34.5 Å². The second-order valence-electron chi connectivity index (χ2n) is 9.56. The molecule has 4 rings (SSSR count). The maximum Gasteiger partial charge on any atom is 0.133 e. The van der Waals surface area contributed by atoms with Crippen molar-refractivity contribution in [3.05, 3.63) is 11.6 Å². The third-order valence-corrected chi connectivity index (χ3v) is 8.89. The summed E-state index contributed by atoms with van der Waals surface area (Å²) < 4.78 is 0. The number of hydrogen-bond donors (Lipinski definition) is 3. The maximum atomic E-state index is 11.3. The molecule has 3 nitrogen and oxygen atoms in total. The Kier molecular flexibility index (Phi) is 3.93. The molecule has 3 unspecified atom stereocenters. The number of aliphatic hydroxyl groups is 3. The van der Waals surface area contributed by atoms with Crippen LogP contribution in [0.2, 0.25) is 0 Å². The molecule has 0 spiro atoms. The Hall–Kier alpha value is -0.820. The molecule has 3 saturated carbocycles. The van der Waals surface area contributed by atoms with E-state index in [1.54, 1.807) is 0 Å². The highest BCUT2D eigenvalue weighted by molar-refractivity contribution is 5.30. The summed E-state index contributed by atoms with van der Waals surface area (Å²) in [5, 5.41) is 31.8. The van der Waals surface area contributed by atoms with E-state index < -0.39 is 5.60 Å². The largest absolute Gasteiger partial charge is 0.395 e. The van der Waals surface area contributed by atoms with E-state index in [9.17, 15) is 15.3 Å². The Morgan fingerprint density at radius 2 is 2.04 bits per heavy atom. The lowest BCUT2D eigenvalue weighted by atomic mass is 9.46. The van der Waals surface area contributed by atoms with E-state index in [2.05, 4.69) is 25.8 Å². The van der Waals surface area contributed by atoms with Crippen LogP contribution in [0.15, 0.2) is 11.6 Å². The van der Waals surface area contributed by atoms with Crippen LogP contribution in [0.3, 0.4) is 0 Å². The van der Waals surface area contributed by atoms with Gasteiger partial charge in [0.2, 0.25) is 0 Å². The summed E-state index contributed by atoms with van der Waals surface area (Å²) in [6.07, 6.45) is 14.2. The van der Waals surface area contributed by atoms with E-state index in [-0.39, 0.29) is 29.5 Å². The van der Waals surface area contributed by atoms with E-state index in [0.29, 0.717) is 17.8 Å². The van der Waals surface area contributed by atoms with Crippen LogP contribution in [0.25, 0.3) is 0 Å². The quantitative estimate of drug-likeness (QED) is 0.506. The fourth-order valence-electron chi connectivity index (χ4n) is 7.38. The van der Waals surface area contributed by atoms with Gasteiger partial charge in [-0.25, -0.2) is 0 Å². The monoisotopic (exact) mass is 344 g/mol. The highest BCUT2D eigenvalue weighted by Crippen LogP contribution is 2.68. The molecule has 0 aromatic rings. The molecular formula is C22H32O3. The fourth-order valence-corrected chi connectivity index (χ4v) is 7.38. The molecule has 8 atom stereocenters. The molecule has 3 N–H and O–H groups in total. The van der Waals surface area contributed by atoms with Crippen LogP contribution < -0.4 is 0 Å². The first-order valence-corrected chi connectivity index (χ1v) is 10.0. The van der Waals surface area contributed by atoms with Gasteiger partial charge in [-0.05, 0) is 68.6 Å². The molecule has 3 fully saturated rings. The lowest BCUT2D eigenvalue weighted by Gasteiger charge is -2.59. The summed E-state index contributed by atoms with van der Waals surface area (Å²) in [7, 11) is 0. The normalized spacial score (nSPS) is 54.7. The zero-order valence-electron chi connectivity index (χ0n) is 15.5. The van der Waals surface area contributed by atoms with Crippen molar-refractivity contribution in [3.8, 4) is 12.3 Å². The SMILES string of the molecule is C#C[C@]1(O)[C@H](C)CC2C3CC=C4C[C@H](O)CC[C@]4(CO)C3CC[C@@]21C. The smallest absolute Gasteiger partial charge is 0.133 e. The van der Waals surface area contributed by atoms with Crippen LogP contribution in [0, 0.1) is 46.8 Å². The van der Waals surface area contributed by atoms with Gasteiger partial charge >= 0.3 is 0 Å². The summed E-state index contributed by atoms with van der Waals surface area (Å²) >= 11 is 0. The van der Waals surface area contributed by atoms with Crippen LogP contribution in [0.5, 0.6) is 0 Å². The van der Waals surface area contributed by atoms with Crippen LogP contribution >= 0.6 is 0 Å². The number of allylic oxidation sites excluding steroid dienone is 1. The second kappa shape index (κ2) is 5.59. The van der Waals surface area contributed by atoms with E-state index in [0.717, 1.165) is 44.9 Å². The molecule has 138 valence electrons. The van der Waals surface area contributed by atoms with Crippen molar-refractivity contribution in [3.63, 3.8) is 0 Å². The van der Waals surface area contributed by atoms with Gasteiger partial charge < -0.3 is 15.3 Å². The zero-order chi connectivity index (χ0) is 18.0. The summed E-state index contributed by atoms with van der Waals surface area (Å²) in [6.45, 7) is 4.49. The molecule has 0 heterocycles. The van der Waals surface area contributed by atoms with Crippen LogP contribution in [-0.4, -0.2) is 33.6 Å². The molecule has 0 saturated heterocycles. The molecule has 4 aliphatic carbocycles. The van der Waals surface area contributed by atoms with Crippen LogP contribution in [-0.2, 0) is 0 Å². The minimum absolute atomic E-state index is 0.120. The predicted octanol–water partition coefficient (Wildman–Crippen LogP) is 2.89. The Bertz CT molecular complexity index is 634. The Labute approximate surface area is 151 Å².